The molecule has 0 amide bonds. The number of nitrogens with zero attached hydrogens (tertiary/aromatic N) is 3. The molecule has 1 aromatic rings. The van der Waals surface area contributed by atoms with Crippen LogP contribution in [0.4, 0.5) is 4.39 Å². The van der Waals surface area contributed by atoms with Gasteiger partial charge in [-0.25, -0.2) is 4.39 Å². The quantitative estimate of drug-likeness (QED) is 0.889. The third-order valence-electron chi connectivity index (χ3n) is 5.38. The van der Waals surface area contributed by atoms with Crippen LogP contribution in [0, 0.1) is 5.82 Å². The Balaban J connectivity index is 1.45. The van der Waals surface area contributed by atoms with Crippen molar-refractivity contribution in [3.05, 3.63) is 35.6 Å². The van der Waals surface area contributed by atoms with Crippen molar-refractivity contribution in [2.45, 2.75) is 31.9 Å². The molecule has 2 fully saturated rings. The lowest BCUT2D eigenvalue weighted by Gasteiger charge is -2.43. The summed E-state index contributed by atoms with van der Waals surface area (Å²) in [6.45, 7) is 10.8. The molecular weight excluding hydrogens is 305 g/mol. The minimum atomic E-state index is -0.548. The second kappa shape index (κ2) is 7.91. The Morgan fingerprint density at radius 3 is 2.33 bits per heavy atom. The zero-order valence-corrected chi connectivity index (χ0v) is 14.8. The van der Waals surface area contributed by atoms with Crippen LogP contribution in [0.2, 0.25) is 0 Å². The lowest BCUT2D eigenvalue weighted by atomic mass is 9.92. The lowest BCUT2D eigenvalue weighted by Crippen LogP contribution is -2.57. The zero-order valence-electron chi connectivity index (χ0n) is 14.8. The minimum Gasteiger partial charge on any atom is -0.387 e. The number of likely N-dealkylation sites (N-methyl/N-ethyl adjacent to an activating group) is 1. The second-order valence-corrected chi connectivity index (χ2v) is 7.38. The van der Waals surface area contributed by atoms with Crippen molar-refractivity contribution in [2.24, 2.45) is 0 Å². The largest absolute Gasteiger partial charge is 0.387 e. The monoisotopic (exact) mass is 335 g/mol. The third-order valence-corrected chi connectivity index (χ3v) is 5.38. The Kier molecular flexibility index (Phi) is 5.87. The highest BCUT2D eigenvalue weighted by atomic mass is 19.1. The first kappa shape index (κ1) is 17.8. The maximum Gasteiger partial charge on any atom is 0.123 e. The highest BCUT2D eigenvalue weighted by molar-refractivity contribution is 5.16. The first-order valence-corrected chi connectivity index (χ1v) is 9.20. The number of rotatable bonds is 5. The number of aliphatic hydroxyl groups is 1. The van der Waals surface area contributed by atoms with Crippen LogP contribution in [0.15, 0.2) is 24.3 Å². The highest BCUT2D eigenvalue weighted by Gasteiger charge is 2.35. The van der Waals surface area contributed by atoms with Gasteiger partial charge in [-0.2, -0.15) is 0 Å². The Morgan fingerprint density at radius 2 is 1.67 bits per heavy atom. The number of likely N-dealkylation sites (tertiary alicyclic amines) is 1. The molecule has 24 heavy (non-hydrogen) atoms. The van der Waals surface area contributed by atoms with Gasteiger partial charge in [0.15, 0.2) is 0 Å². The van der Waals surface area contributed by atoms with Crippen molar-refractivity contribution in [1.29, 1.82) is 0 Å². The van der Waals surface area contributed by atoms with Crippen molar-refractivity contribution >= 4 is 0 Å². The molecular formula is C19H30FN3O. The van der Waals surface area contributed by atoms with E-state index in [0.29, 0.717) is 0 Å². The summed E-state index contributed by atoms with van der Waals surface area (Å²) >= 11 is 0. The van der Waals surface area contributed by atoms with Gasteiger partial charge >= 0.3 is 0 Å². The molecule has 2 aliphatic rings. The summed E-state index contributed by atoms with van der Waals surface area (Å²) in [6, 6.07) is 6.80. The molecule has 0 bridgehead atoms. The van der Waals surface area contributed by atoms with Crippen LogP contribution in [0.1, 0.15) is 25.3 Å². The number of hydrogen-bond donors (Lipinski definition) is 1. The fourth-order valence-electron chi connectivity index (χ4n) is 3.97. The van der Waals surface area contributed by atoms with E-state index in [0.717, 1.165) is 77.3 Å². The summed E-state index contributed by atoms with van der Waals surface area (Å²) in [5.41, 5.74) is 0.613. The van der Waals surface area contributed by atoms with E-state index in [1.807, 2.05) is 12.1 Å². The van der Waals surface area contributed by atoms with Gasteiger partial charge < -0.3 is 10.0 Å². The van der Waals surface area contributed by atoms with E-state index in [1.165, 1.54) is 12.1 Å². The molecule has 134 valence electrons. The molecule has 3 rings (SSSR count). The normalized spacial score (nSPS) is 27.5. The van der Waals surface area contributed by atoms with Crippen molar-refractivity contribution in [3.63, 3.8) is 0 Å². The standard InChI is InChI=1S/C19H30FN3O/c1-2-21-9-3-8-19(24,15-21)16-23-12-10-22(11-13-23)14-17-4-6-18(20)7-5-17/h4-7,24H,2-3,8-16H2,1H3. The van der Waals surface area contributed by atoms with Gasteiger partial charge in [-0.15, -0.1) is 0 Å². The molecule has 1 atom stereocenters. The van der Waals surface area contributed by atoms with Gasteiger partial charge in [-0.3, -0.25) is 9.80 Å². The first-order valence-electron chi connectivity index (χ1n) is 9.20. The lowest BCUT2D eigenvalue weighted by molar-refractivity contribution is -0.0588. The number of halogens is 1. The van der Waals surface area contributed by atoms with E-state index in [9.17, 15) is 9.50 Å². The Morgan fingerprint density at radius 1 is 1.00 bits per heavy atom. The summed E-state index contributed by atoms with van der Waals surface area (Å²) in [7, 11) is 0. The summed E-state index contributed by atoms with van der Waals surface area (Å²) in [6.07, 6.45) is 2.01. The van der Waals surface area contributed by atoms with Crippen LogP contribution >= 0.6 is 0 Å². The second-order valence-electron chi connectivity index (χ2n) is 7.38. The molecule has 5 heteroatoms. The van der Waals surface area contributed by atoms with Crippen molar-refractivity contribution in [3.8, 4) is 0 Å². The fourth-order valence-corrected chi connectivity index (χ4v) is 3.97. The van der Waals surface area contributed by atoms with Gasteiger partial charge in [0.1, 0.15) is 5.82 Å². The van der Waals surface area contributed by atoms with E-state index in [4.69, 9.17) is 0 Å². The summed E-state index contributed by atoms with van der Waals surface area (Å²) in [4.78, 5) is 7.17. The van der Waals surface area contributed by atoms with Crippen LogP contribution in [0.5, 0.6) is 0 Å². The smallest absolute Gasteiger partial charge is 0.123 e. The number of piperazine rings is 1. The Labute approximate surface area is 144 Å². The topological polar surface area (TPSA) is 30.0 Å². The maximum absolute atomic E-state index is 13.0. The summed E-state index contributed by atoms with van der Waals surface area (Å²) < 4.78 is 13.0. The SMILES string of the molecule is CCN1CCCC(O)(CN2CCN(Cc3ccc(F)cc3)CC2)C1. The van der Waals surface area contributed by atoms with Crippen LogP contribution in [-0.2, 0) is 6.54 Å². The first-order chi connectivity index (χ1) is 11.6. The highest BCUT2D eigenvalue weighted by Crippen LogP contribution is 2.23. The molecule has 0 saturated carbocycles. The van der Waals surface area contributed by atoms with Gasteiger partial charge in [-0.05, 0) is 43.6 Å². The number of β-amino-alcohol motifs (C(OH)–C–C–N with tert-alkyl or cyclic N) is 1. The summed E-state index contributed by atoms with van der Waals surface area (Å²) in [5, 5.41) is 10.9. The van der Waals surface area contributed by atoms with Gasteiger partial charge in [-0.1, -0.05) is 19.1 Å². The molecule has 0 spiro atoms. The summed E-state index contributed by atoms with van der Waals surface area (Å²) in [5.74, 6) is -0.176. The molecule has 1 N–H and O–H groups in total. The zero-order chi connectivity index (χ0) is 17.0. The van der Waals surface area contributed by atoms with Gasteiger partial charge in [0, 0.05) is 45.8 Å². The van der Waals surface area contributed by atoms with Crippen LogP contribution < -0.4 is 0 Å². The molecule has 0 aliphatic carbocycles. The van der Waals surface area contributed by atoms with Gasteiger partial charge in [0.25, 0.3) is 0 Å². The number of hydrogen-bond acceptors (Lipinski definition) is 4. The molecule has 2 heterocycles. The minimum absolute atomic E-state index is 0.176. The number of benzene rings is 1. The predicted molar refractivity (Wildman–Crippen MR) is 94.4 cm³/mol. The van der Waals surface area contributed by atoms with Crippen LogP contribution in [-0.4, -0.2) is 77.8 Å². The van der Waals surface area contributed by atoms with Crippen molar-refractivity contribution in [1.82, 2.24) is 14.7 Å². The predicted octanol–water partition coefficient (Wildman–Crippen LogP) is 1.79. The van der Waals surface area contributed by atoms with E-state index < -0.39 is 5.60 Å². The van der Waals surface area contributed by atoms with E-state index in [-0.39, 0.29) is 5.82 Å². The van der Waals surface area contributed by atoms with Crippen LogP contribution in [0.3, 0.4) is 0 Å². The molecule has 1 unspecified atom stereocenters. The van der Waals surface area contributed by atoms with Crippen LogP contribution in [0.25, 0.3) is 0 Å². The fraction of sp³-hybridized carbons (Fsp3) is 0.684. The van der Waals surface area contributed by atoms with Gasteiger partial charge in [0.2, 0.25) is 0 Å². The van der Waals surface area contributed by atoms with E-state index in [1.54, 1.807) is 0 Å². The average molecular weight is 335 g/mol. The molecule has 2 aliphatic heterocycles. The van der Waals surface area contributed by atoms with Crippen molar-refractivity contribution in [2.75, 3.05) is 52.4 Å². The molecule has 0 aromatic heterocycles. The molecule has 4 nitrogen and oxygen atoms in total. The van der Waals surface area contributed by atoms with E-state index >= 15 is 0 Å². The van der Waals surface area contributed by atoms with Crippen molar-refractivity contribution < 1.29 is 9.50 Å². The maximum atomic E-state index is 13.0. The van der Waals surface area contributed by atoms with E-state index in [2.05, 4.69) is 21.6 Å². The Hall–Kier alpha value is -1.01. The number of piperidine rings is 1. The molecule has 1 aromatic carbocycles. The third kappa shape index (κ3) is 4.76. The average Bonchev–Trinajstić information content (AvgIpc) is 2.58. The molecule has 2 saturated heterocycles. The Bertz CT molecular complexity index is 516. The van der Waals surface area contributed by atoms with Gasteiger partial charge in [0.05, 0.1) is 5.60 Å². The molecule has 0 radical (unpaired) electrons.